The summed E-state index contributed by atoms with van der Waals surface area (Å²) >= 11 is 1.40. The second-order valence-electron chi connectivity index (χ2n) is 11.1. The number of nitrogens with two attached hydrogens (primary N) is 1. The maximum Gasteiger partial charge on any atom is 0.326 e. The number of aliphatic hydroxyl groups excluding tert-OH is 1. The standard InChI is InChI=1S/C26H33N7O4S/c1-15-22(27)26(14-37-15)5-8-31(9-6-26)23-18(12-34)30-20(10-29-23)38-19-4-7-28-24-21(19)36-13-17-11-32(16-2-3-16)25(35)33(17)24/h4,7,10,15-17,22,34H,2-3,5-6,8-9,11-14,27H2,1H3/t15-,17?,22+/m0/s1. The fraction of sp³-hybridized carbons (Fsp3) is 0.615. The smallest absolute Gasteiger partial charge is 0.326 e. The monoisotopic (exact) mass is 539 g/mol. The number of rotatable bonds is 5. The zero-order valence-electron chi connectivity index (χ0n) is 21.5. The lowest BCUT2D eigenvalue weighted by Gasteiger charge is -2.41. The summed E-state index contributed by atoms with van der Waals surface area (Å²) in [5, 5.41) is 10.8. The summed E-state index contributed by atoms with van der Waals surface area (Å²) in [6, 6.07) is 2.28. The molecule has 202 valence electrons. The third-order valence-electron chi connectivity index (χ3n) is 8.78. The van der Waals surface area contributed by atoms with Crippen molar-refractivity contribution >= 4 is 29.4 Å². The molecule has 3 atom stereocenters. The fourth-order valence-corrected chi connectivity index (χ4v) is 7.18. The molecular weight excluding hydrogens is 506 g/mol. The average molecular weight is 540 g/mol. The van der Waals surface area contributed by atoms with Crippen molar-refractivity contribution in [2.75, 3.05) is 42.6 Å². The molecule has 1 saturated carbocycles. The number of hydrogen-bond acceptors (Lipinski definition) is 10. The number of carbonyl (C=O) groups excluding carboxylic acids is 1. The Labute approximate surface area is 225 Å². The number of aromatic nitrogens is 3. The lowest BCUT2D eigenvalue weighted by molar-refractivity contribution is 0.0973. The molecule has 12 heteroatoms. The van der Waals surface area contributed by atoms with E-state index in [0.717, 1.165) is 43.7 Å². The van der Waals surface area contributed by atoms with Gasteiger partial charge < -0.3 is 30.1 Å². The third kappa shape index (κ3) is 3.92. The van der Waals surface area contributed by atoms with E-state index in [4.69, 9.17) is 25.2 Å². The van der Waals surface area contributed by atoms with Gasteiger partial charge in [-0.05, 0) is 38.7 Å². The van der Waals surface area contributed by atoms with E-state index in [2.05, 4.69) is 9.88 Å². The van der Waals surface area contributed by atoms with Crippen LogP contribution >= 0.6 is 11.8 Å². The van der Waals surface area contributed by atoms with Gasteiger partial charge in [0, 0.05) is 43.3 Å². The predicted molar refractivity (Wildman–Crippen MR) is 140 cm³/mol. The van der Waals surface area contributed by atoms with Gasteiger partial charge in [-0.15, -0.1) is 0 Å². The van der Waals surface area contributed by atoms with Crippen molar-refractivity contribution in [1.82, 2.24) is 19.9 Å². The Morgan fingerprint density at radius 1 is 1.21 bits per heavy atom. The van der Waals surface area contributed by atoms with Crippen molar-refractivity contribution < 1.29 is 19.4 Å². The number of pyridine rings is 1. The Morgan fingerprint density at radius 2 is 2.03 bits per heavy atom. The minimum Gasteiger partial charge on any atom is -0.486 e. The zero-order chi connectivity index (χ0) is 26.0. The molecule has 6 heterocycles. The molecule has 0 bridgehead atoms. The molecule has 3 N–H and O–H groups in total. The van der Waals surface area contributed by atoms with Crippen molar-refractivity contribution in [3.05, 3.63) is 24.2 Å². The van der Waals surface area contributed by atoms with Crippen LogP contribution in [0, 0.1) is 5.41 Å². The second-order valence-corrected chi connectivity index (χ2v) is 12.2. The first-order valence-corrected chi connectivity index (χ1v) is 14.3. The molecule has 3 saturated heterocycles. The van der Waals surface area contributed by atoms with E-state index >= 15 is 0 Å². The van der Waals surface area contributed by atoms with Gasteiger partial charge in [0.1, 0.15) is 17.3 Å². The van der Waals surface area contributed by atoms with Crippen molar-refractivity contribution in [2.24, 2.45) is 11.1 Å². The van der Waals surface area contributed by atoms with Gasteiger partial charge in [0.15, 0.2) is 17.4 Å². The van der Waals surface area contributed by atoms with E-state index in [-0.39, 0.29) is 36.2 Å². The molecule has 4 aliphatic heterocycles. The van der Waals surface area contributed by atoms with Crippen LogP contribution in [0.2, 0.25) is 0 Å². The Hall–Kier alpha value is -2.67. The van der Waals surface area contributed by atoms with Gasteiger partial charge in [-0.3, -0.25) is 4.90 Å². The molecule has 7 rings (SSSR count). The van der Waals surface area contributed by atoms with Gasteiger partial charge in [-0.1, -0.05) is 11.8 Å². The Morgan fingerprint density at radius 3 is 2.74 bits per heavy atom. The van der Waals surface area contributed by atoms with Gasteiger partial charge in [0.25, 0.3) is 0 Å². The lowest BCUT2D eigenvalue weighted by Crippen LogP contribution is -2.51. The summed E-state index contributed by atoms with van der Waals surface area (Å²) in [5.74, 6) is 1.88. The second kappa shape index (κ2) is 9.22. The van der Waals surface area contributed by atoms with Crippen LogP contribution in [0.1, 0.15) is 38.3 Å². The number of fused-ring (bicyclic) bond motifs is 3. The number of nitrogens with zero attached hydrogens (tertiary/aromatic N) is 6. The molecule has 1 spiro atoms. The van der Waals surface area contributed by atoms with Crippen LogP contribution in [0.5, 0.6) is 5.75 Å². The molecule has 38 heavy (non-hydrogen) atoms. The summed E-state index contributed by atoms with van der Waals surface area (Å²) in [6.07, 6.45) is 7.53. The molecule has 0 radical (unpaired) electrons. The highest BCUT2D eigenvalue weighted by atomic mass is 32.2. The van der Waals surface area contributed by atoms with E-state index in [0.29, 0.717) is 53.9 Å². The van der Waals surface area contributed by atoms with Crippen molar-refractivity contribution in [1.29, 1.82) is 0 Å². The largest absolute Gasteiger partial charge is 0.486 e. The lowest BCUT2D eigenvalue weighted by atomic mass is 9.73. The van der Waals surface area contributed by atoms with E-state index in [1.807, 2.05) is 17.9 Å². The topological polar surface area (TPSA) is 130 Å². The highest BCUT2D eigenvalue weighted by Gasteiger charge is 2.49. The van der Waals surface area contributed by atoms with Crippen LogP contribution in [-0.2, 0) is 11.3 Å². The van der Waals surface area contributed by atoms with Gasteiger partial charge in [-0.2, -0.15) is 0 Å². The van der Waals surface area contributed by atoms with Crippen LogP contribution in [0.25, 0.3) is 0 Å². The number of urea groups is 1. The third-order valence-corrected chi connectivity index (χ3v) is 9.73. The highest BCUT2D eigenvalue weighted by molar-refractivity contribution is 7.99. The molecule has 0 aromatic carbocycles. The van der Waals surface area contributed by atoms with Gasteiger partial charge in [0.05, 0.1) is 36.5 Å². The number of carbonyl (C=O) groups is 1. The van der Waals surface area contributed by atoms with Gasteiger partial charge in [0.2, 0.25) is 0 Å². The maximum atomic E-state index is 13.1. The van der Waals surface area contributed by atoms with Crippen LogP contribution in [-0.4, -0.2) is 88.1 Å². The molecule has 2 amide bonds. The number of ether oxygens (including phenoxy) is 2. The maximum absolute atomic E-state index is 13.1. The van der Waals surface area contributed by atoms with Crippen LogP contribution in [0.15, 0.2) is 28.4 Å². The first-order chi connectivity index (χ1) is 18.5. The zero-order valence-corrected chi connectivity index (χ0v) is 22.3. The summed E-state index contributed by atoms with van der Waals surface area (Å²) in [7, 11) is 0. The summed E-state index contributed by atoms with van der Waals surface area (Å²) in [5.41, 5.74) is 7.04. The van der Waals surface area contributed by atoms with Gasteiger partial charge in [-0.25, -0.2) is 19.7 Å². The van der Waals surface area contributed by atoms with E-state index in [9.17, 15) is 9.90 Å². The van der Waals surface area contributed by atoms with E-state index in [1.54, 1.807) is 17.3 Å². The summed E-state index contributed by atoms with van der Waals surface area (Å²) < 4.78 is 12.0. The first-order valence-electron chi connectivity index (χ1n) is 13.5. The fourth-order valence-electron chi connectivity index (χ4n) is 6.32. The molecular formula is C26H33N7O4S. The molecule has 5 aliphatic rings. The average Bonchev–Trinajstić information content (AvgIpc) is 3.68. The van der Waals surface area contributed by atoms with Crippen LogP contribution in [0.3, 0.4) is 0 Å². The van der Waals surface area contributed by atoms with E-state index < -0.39 is 0 Å². The number of hydrogen-bond donors (Lipinski definition) is 2. The number of amides is 2. The molecule has 11 nitrogen and oxygen atoms in total. The number of aliphatic hydroxyl groups is 1. The van der Waals surface area contributed by atoms with Crippen molar-refractivity contribution in [3.63, 3.8) is 0 Å². The molecule has 2 aromatic heterocycles. The Kier molecular flexibility index (Phi) is 5.91. The quantitative estimate of drug-likeness (QED) is 0.582. The minimum atomic E-state index is -0.204. The van der Waals surface area contributed by atoms with Crippen molar-refractivity contribution in [2.45, 2.75) is 73.4 Å². The number of anilines is 2. The molecule has 4 fully saturated rings. The van der Waals surface area contributed by atoms with Crippen LogP contribution in [0.4, 0.5) is 16.4 Å². The predicted octanol–water partition coefficient (Wildman–Crippen LogP) is 2.01. The summed E-state index contributed by atoms with van der Waals surface area (Å²) in [4.78, 5) is 33.9. The minimum absolute atomic E-state index is 0.0133. The highest BCUT2D eigenvalue weighted by Crippen LogP contribution is 2.46. The molecule has 1 unspecified atom stereocenters. The first kappa shape index (κ1) is 24.4. The summed E-state index contributed by atoms with van der Waals surface area (Å²) in [6.45, 7) is 5.27. The van der Waals surface area contributed by atoms with Crippen LogP contribution < -0.4 is 20.3 Å². The normalized spacial score (nSPS) is 28.0. The SMILES string of the molecule is C[C@@H]1OCC2(CCN(c3ncc(Sc4ccnc5c4OCC4CN(C6CC6)C(=O)N54)nc3CO)CC2)[C@@H]1N. The Bertz CT molecular complexity index is 1250. The van der Waals surface area contributed by atoms with Crippen molar-refractivity contribution in [3.8, 4) is 5.75 Å². The van der Waals surface area contributed by atoms with E-state index in [1.165, 1.54) is 11.8 Å². The number of piperidine rings is 1. The molecule has 2 aromatic rings. The van der Waals surface area contributed by atoms with Gasteiger partial charge >= 0.3 is 6.03 Å². The Balaban J connectivity index is 1.09. The molecule has 1 aliphatic carbocycles.